The minimum atomic E-state index is -1.79. The molecule has 0 saturated carbocycles. The van der Waals surface area contributed by atoms with Crippen LogP contribution in [-0.2, 0) is 23.7 Å². The van der Waals surface area contributed by atoms with Crippen molar-refractivity contribution in [2.24, 2.45) is 0 Å². The van der Waals surface area contributed by atoms with Crippen LogP contribution in [0.25, 0.3) is 0 Å². The Hall–Kier alpha value is -1.53. The van der Waals surface area contributed by atoms with Gasteiger partial charge in [0.15, 0.2) is 12.6 Å². The number of ether oxygens (including phenoxy) is 4. The van der Waals surface area contributed by atoms with Gasteiger partial charge < -0.3 is 65.1 Å². The molecular weight excluding hydrogens is 1230 g/mol. The van der Waals surface area contributed by atoms with E-state index in [9.17, 15) is 45.6 Å². The third kappa shape index (κ3) is 50.8. The number of allylic oxidation sites excluding steroid dienone is 3. The normalized spacial score (nSPS) is 22.1. The van der Waals surface area contributed by atoms with Crippen molar-refractivity contribution in [1.82, 2.24) is 5.32 Å². The van der Waals surface area contributed by atoms with E-state index in [-0.39, 0.29) is 18.9 Å². The van der Waals surface area contributed by atoms with Crippen LogP contribution in [0.4, 0.5) is 0 Å². The van der Waals surface area contributed by atoms with Gasteiger partial charge in [0.05, 0.1) is 32.0 Å². The van der Waals surface area contributed by atoms with E-state index in [2.05, 4.69) is 31.3 Å². The maximum absolute atomic E-state index is 13.4. The van der Waals surface area contributed by atoms with Crippen molar-refractivity contribution in [1.29, 1.82) is 0 Å². The summed E-state index contributed by atoms with van der Waals surface area (Å²) in [6.45, 7) is 2.86. The summed E-state index contributed by atoms with van der Waals surface area (Å²) in [7, 11) is 0. The zero-order valence-electron chi connectivity index (χ0n) is 63.8. The zero-order valence-corrected chi connectivity index (χ0v) is 63.8. The maximum atomic E-state index is 13.4. The van der Waals surface area contributed by atoms with Gasteiger partial charge in [0, 0.05) is 6.42 Å². The monoisotopic (exact) mass is 1390 g/mol. The van der Waals surface area contributed by atoms with Gasteiger partial charge in [-0.25, -0.2) is 0 Å². The molecule has 14 heteroatoms. The van der Waals surface area contributed by atoms with Crippen LogP contribution in [0.5, 0.6) is 0 Å². The second kappa shape index (κ2) is 68.6. The molecule has 12 unspecified atom stereocenters. The summed E-state index contributed by atoms with van der Waals surface area (Å²) in [4.78, 5) is 13.4. The Balaban J connectivity index is 1.56. The number of aliphatic hydroxyl groups excluding tert-OH is 8. The minimum Gasteiger partial charge on any atom is -0.394 e. The number of hydrogen-bond donors (Lipinski definition) is 9. The first-order chi connectivity index (χ1) is 48.1. The highest BCUT2D eigenvalue weighted by molar-refractivity contribution is 5.76. The predicted molar refractivity (Wildman–Crippen MR) is 406 cm³/mol. The van der Waals surface area contributed by atoms with Gasteiger partial charge in [-0.2, -0.15) is 0 Å². The number of amides is 1. The molecule has 580 valence electrons. The molecule has 0 aromatic rings. The summed E-state index contributed by atoms with van der Waals surface area (Å²) < 4.78 is 22.9. The van der Waals surface area contributed by atoms with Crippen molar-refractivity contribution in [2.45, 2.75) is 485 Å². The highest BCUT2D eigenvalue weighted by Gasteiger charge is 2.51. The highest BCUT2D eigenvalue weighted by atomic mass is 16.7. The van der Waals surface area contributed by atoms with Crippen LogP contribution in [0.2, 0.25) is 0 Å². The molecule has 0 aromatic carbocycles. The van der Waals surface area contributed by atoms with Crippen molar-refractivity contribution in [3.8, 4) is 0 Å². The van der Waals surface area contributed by atoms with Crippen LogP contribution < -0.4 is 5.32 Å². The van der Waals surface area contributed by atoms with Crippen molar-refractivity contribution < 1.29 is 64.6 Å². The molecule has 2 fully saturated rings. The highest BCUT2D eigenvalue weighted by Crippen LogP contribution is 2.31. The summed E-state index contributed by atoms with van der Waals surface area (Å²) >= 11 is 0. The lowest BCUT2D eigenvalue weighted by Gasteiger charge is -2.46. The third-order valence-electron chi connectivity index (χ3n) is 21.1. The first-order valence-electron chi connectivity index (χ1n) is 42.6. The van der Waals surface area contributed by atoms with E-state index in [1.54, 1.807) is 6.08 Å². The van der Waals surface area contributed by atoms with Crippen LogP contribution in [0.3, 0.4) is 0 Å². The van der Waals surface area contributed by atoms with Crippen molar-refractivity contribution in [2.75, 3.05) is 19.8 Å². The molecule has 12 atom stereocenters. The Kier molecular flexibility index (Phi) is 64.8. The quantitative estimate of drug-likeness (QED) is 0.0204. The lowest BCUT2D eigenvalue weighted by Crippen LogP contribution is -2.65. The van der Waals surface area contributed by atoms with Gasteiger partial charge in [-0.05, 0) is 32.1 Å². The maximum Gasteiger partial charge on any atom is 0.220 e. The van der Waals surface area contributed by atoms with E-state index in [0.29, 0.717) is 12.8 Å². The zero-order chi connectivity index (χ0) is 70.8. The minimum absolute atomic E-state index is 0.239. The molecule has 2 rings (SSSR count). The average molecular weight is 1390 g/mol. The van der Waals surface area contributed by atoms with Crippen molar-refractivity contribution in [3.05, 3.63) is 24.3 Å². The lowest BCUT2D eigenvalue weighted by molar-refractivity contribution is -0.359. The second-order valence-corrected chi connectivity index (χ2v) is 30.3. The Bertz CT molecular complexity index is 1740. The average Bonchev–Trinajstić information content (AvgIpc) is 0.793. The first-order valence-corrected chi connectivity index (χ1v) is 42.6. The second-order valence-electron chi connectivity index (χ2n) is 30.3. The molecule has 2 saturated heterocycles. The molecule has 14 nitrogen and oxygen atoms in total. The number of hydrogen-bond acceptors (Lipinski definition) is 13. The fourth-order valence-corrected chi connectivity index (χ4v) is 14.4. The molecule has 98 heavy (non-hydrogen) atoms. The van der Waals surface area contributed by atoms with E-state index in [1.807, 2.05) is 6.08 Å². The summed E-state index contributed by atoms with van der Waals surface area (Å²) in [6, 6.07) is -0.931. The van der Waals surface area contributed by atoms with E-state index >= 15 is 0 Å². The first kappa shape index (κ1) is 92.6. The molecule has 0 spiro atoms. The summed E-state index contributed by atoms with van der Waals surface area (Å²) in [5, 5.41) is 87.7. The predicted octanol–water partition coefficient (Wildman–Crippen LogP) is 19.8. The van der Waals surface area contributed by atoms with Gasteiger partial charge in [0.25, 0.3) is 0 Å². The molecule has 0 aromatic heterocycles. The smallest absolute Gasteiger partial charge is 0.220 e. The van der Waals surface area contributed by atoms with Crippen molar-refractivity contribution in [3.63, 3.8) is 0 Å². The van der Waals surface area contributed by atoms with E-state index in [1.165, 1.54) is 347 Å². The Morgan fingerprint density at radius 2 is 0.653 bits per heavy atom. The van der Waals surface area contributed by atoms with E-state index in [4.69, 9.17) is 18.9 Å². The van der Waals surface area contributed by atoms with Gasteiger partial charge in [-0.1, -0.05) is 398 Å². The fraction of sp³-hybridized carbons (Fsp3) is 0.940. The van der Waals surface area contributed by atoms with E-state index < -0.39 is 86.8 Å². The number of aliphatic hydroxyl groups is 8. The third-order valence-corrected chi connectivity index (χ3v) is 21.1. The molecule has 0 radical (unpaired) electrons. The molecule has 2 heterocycles. The van der Waals surface area contributed by atoms with Gasteiger partial charge >= 0.3 is 0 Å². The largest absolute Gasteiger partial charge is 0.394 e. The van der Waals surface area contributed by atoms with Gasteiger partial charge in [0.1, 0.15) is 48.8 Å². The van der Waals surface area contributed by atoms with Crippen LogP contribution in [0, 0.1) is 0 Å². The fourth-order valence-electron chi connectivity index (χ4n) is 14.4. The van der Waals surface area contributed by atoms with Gasteiger partial charge in [-0.15, -0.1) is 0 Å². The molecule has 2 aliphatic rings. The number of carbonyl (C=O) groups excluding carboxylic acids is 1. The SMILES string of the molecule is CCCCCCCCCCCCCCCCCCCC/C=C/CC/C=C/C(O)C(COC1OC(CO)C(OC2OC(CO)C(O)C(O)C2O)C(O)C1O)NC(=O)CCCCCCCCCCCCCCCCCCCCCCCCCCCCCCCCCCCCCCCCCC. The molecule has 0 bridgehead atoms. The Morgan fingerprint density at radius 3 is 1.00 bits per heavy atom. The summed E-state index contributed by atoms with van der Waals surface area (Å²) in [6.07, 6.45) is 73.0. The molecule has 9 N–H and O–H groups in total. The summed E-state index contributed by atoms with van der Waals surface area (Å²) in [5.41, 5.74) is 0. The van der Waals surface area contributed by atoms with Crippen LogP contribution in [0.15, 0.2) is 24.3 Å². The van der Waals surface area contributed by atoms with Crippen LogP contribution in [0.1, 0.15) is 412 Å². The molecular formula is C84H161NO13. The molecule has 2 aliphatic heterocycles. The van der Waals surface area contributed by atoms with Gasteiger partial charge in [-0.3, -0.25) is 4.79 Å². The molecule has 1 amide bonds. The van der Waals surface area contributed by atoms with E-state index in [0.717, 1.165) is 32.1 Å². The topological polar surface area (TPSA) is 228 Å². The summed E-state index contributed by atoms with van der Waals surface area (Å²) in [5.74, 6) is -0.239. The number of carbonyl (C=O) groups is 1. The molecule has 0 aliphatic carbocycles. The lowest BCUT2D eigenvalue weighted by atomic mass is 9.97. The number of rotatable bonds is 73. The standard InChI is InChI=1S/C84H161NO13/c1-3-5-7-9-11-13-15-17-19-21-23-25-27-29-30-31-32-33-34-35-36-37-38-39-40-41-42-43-44-46-48-50-52-54-56-58-60-62-64-66-68-76(89)85-72(71-95-83-81(94)79(92)82(75(70-87)97-83)98-84-80(93)78(91)77(90)74(69-86)96-84)73(88)67-65-63-61-59-57-55-53-51-49-47-45-28-26-24-22-20-18-16-14-12-10-8-6-4-2/h57,59,65,67,72-75,77-84,86-88,90-94H,3-56,58,60-64,66,68-71H2,1-2H3,(H,85,89)/b59-57+,67-65+. The van der Waals surface area contributed by atoms with Crippen LogP contribution >= 0.6 is 0 Å². The van der Waals surface area contributed by atoms with Crippen molar-refractivity contribution >= 4 is 5.91 Å². The van der Waals surface area contributed by atoms with Crippen LogP contribution in [-0.4, -0.2) is 140 Å². The Morgan fingerprint density at radius 1 is 0.357 bits per heavy atom. The number of nitrogens with one attached hydrogen (secondary N) is 1. The number of unbranched alkanes of at least 4 members (excludes halogenated alkanes) is 58. The Labute approximate surface area is 602 Å². The van der Waals surface area contributed by atoms with Gasteiger partial charge in [0.2, 0.25) is 5.91 Å².